The first-order chi connectivity index (χ1) is 8.56. The standard InChI is InChI=1S/C13H12BrN3O/c1-8-6-12(16-7-11(8)15)17-13(18)9-2-4-10(14)5-3-9/h2-7H,15H2,1H3,(H,16,17,18). The highest BCUT2D eigenvalue weighted by atomic mass is 79.9. The molecule has 0 radical (unpaired) electrons. The number of nitrogen functional groups attached to an aromatic ring is 1. The smallest absolute Gasteiger partial charge is 0.256 e. The molecular formula is C13H12BrN3O. The summed E-state index contributed by atoms with van der Waals surface area (Å²) in [6.45, 7) is 1.87. The van der Waals surface area contributed by atoms with Crippen LogP contribution in [0.4, 0.5) is 11.5 Å². The van der Waals surface area contributed by atoms with Crippen LogP contribution < -0.4 is 11.1 Å². The molecule has 0 saturated heterocycles. The van der Waals surface area contributed by atoms with Crippen LogP contribution in [-0.4, -0.2) is 10.9 Å². The topological polar surface area (TPSA) is 68.0 Å². The van der Waals surface area contributed by atoms with Gasteiger partial charge < -0.3 is 11.1 Å². The number of aryl methyl sites for hydroxylation is 1. The van der Waals surface area contributed by atoms with Gasteiger partial charge in [-0.2, -0.15) is 0 Å². The zero-order valence-electron chi connectivity index (χ0n) is 9.77. The lowest BCUT2D eigenvalue weighted by atomic mass is 10.2. The number of halogens is 1. The highest BCUT2D eigenvalue weighted by molar-refractivity contribution is 9.10. The SMILES string of the molecule is Cc1cc(NC(=O)c2ccc(Br)cc2)ncc1N. The summed E-state index contributed by atoms with van der Waals surface area (Å²) < 4.78 is 0.931. The molecule has 5 heteroatoms. The Bertz CT molecular complexity index is 581. The molecule has 1 amide bonds. The third kappa shape index (κ3) is 2.87. The molecule has 1 aromatic carbocycles. The lowest BCUT2D eigenvalue weighted by molar-refractivity contribution is 0.102. The molecule has 0 atom stereocenters. The minimum atomic E-state index is -0.195. The van der Waals surface area contributed by atoms with E-state index in [-0.39, 0.29) is 5.91 Å². The molecule has 1 heterocycles. The van der Waals surface area contributed by atoms with Crippen LogP contribution in [0.2, 0.25) is 0 Å². The molecule has 4 nitrogen and oxygen atoms in total. The van der Waals surface area contributed by atoms with Crippen molar-refractivity contribution in [3.8, 4) is 0 Å². The fourth-order valence-electron chi connectivity index (χ4n) is 1.42. The molecule has 1 aromatic heterocycles. The second-order valence-corrected chi connectivity index (χ2v) is 4.80. The highest BCUT2D eigenvalue weighted by Gasteiger charge is 2.07. The average molecular weight is 306 g/mol. The van der Waals surface area contributed by atoms with Crippen molar-refractivity contribution >= 4 is 33.3 Å². The van der Waals surface area contributed by atoms with Crippen LogP contribution in [0.5, 0.6) is 0 Å². The maximum Gasteiger partial charge on any atom is 0.256 e. The number of rotatable bonds is 2. The van der Waals surface area contributed by atoms with Gasteiger partial charge in [0.15, 0.2) is 0 Å². The Labute approximate surface area is 113 Å². The van der Waals surface area contributed by atoms with Crippen molar-refractivity contribution in [3.63, 3.8) is 0 Å². The predicted octanol–water partition coefficient (Wildman–Crippen LogP) is 2.99. The van der Waals surface area contributed by atoms with E-state index in [2.05, 4.69) is 26.2 Å². The minimum absolute atomic E-state index is 0.195. The second-order valence-electron chi connectivity index (χ2n) is 3.89. The number of aromatic nitrogens is 1. The Kier molecular flexibility index (Phi) is 3.62. The van der Waals surface area contributed by atoms with Gasteiger partial charge in [0.1, 0.15) is 5.82 Å². The van der Waals surface area contributed by atoms with E-state index in [1.165, 1.54) is 6.20 Å². The quantitative estimate of drug-likeness (QED) is 0.896. The van der Waals surface area contributed by atoms with Gasteiger partial charge in [-0.3, -0.25) is 4.79 Å². The summed E-state index contributed by atoms with van der Waals surface area (Å²) >= 11 is 3.32. The number of nitrogens with zero attached hydrogens (tertiary/aromatic N) is 1. The molecule has 2 rings (SSSR count). The Morgan fingerprint density at radius 1 is 1.33 bits per heavy atom. The summed E-state index contributed by atoms with van der Waals surface area (Å²) in [7, 11) is 0. The van der Waals surface area contributed by atoms with Crippen molar-refractivity contribution < 1.29 is 4.79 Å². The van der Waals surface area contributed by atoms with Crippen LogP contribution in [0.1, 0.15) is 15.9 Å². The van der Waals surface area contributed by atoms with Crippen LogP contribution in [-0.2, 0) is 0 Å². The van der Waals surface area contributed by atoms with Gasteiger partial charge in [-0.1, -0.05) is 15.9 Å². The maximum atomic E-state index is 11.9. The predicted molar refractivity (Wildman–Crippen MR) is 75.5 cm³/mol. The molecule has 3 N–H and O–H groups in total. The molecule has 2 aromatic rings. The monoisotopic (exact) mass is 305 g/mol. The van der Waals surface area contributed by atoms with E-state index >= 15 is 0 Å². The van der Waals surface area contributed by atoms with Crippen molar-refractivity contribution in [1.29, 1.82) is 0 Å². The van der Waals surface area contributed by atoms with Gasteiger partial charge in [0, 0.05) is 10.0 Å². The number of pyridine rings is 1. The number of hydrogen-bond acceptors (Lipinski definition) is 3. The van der Waals surface area contributed by atoms with Crippen molar-refractivity contribution in [3.05, 3.63) is 52.1 Å². The largest absolute Gasteiger partial charge is 0.397 e. The number of nitrogens with two attached hydrogens (primary N) is 1. The van der Waals surface area contributed by atoms with Gasteiger partial charge in [0.2, 0.25) is 0 Å². The van der Waals surface area contributed by atoms with E-state index in [4.69, 9.17) is 5.73 Å². The maximum absolute atomic E-state index is 11.9. The zero-order chi connectivity index (χ0) is 13.1. The van der Waals surface area contributed by atoms with Gasteiger partial charge in [-0.25, -0.2) is 4.98 Å². The highest BCUT2D eigenvalue weighted by Crippen LogP contribution is 2.15. The van der Waals surface area contributed by atoms with Crippen LogP contribution in [0.25, 0.3) is 0 Å². The average Bonchev–Trinajstić information content (AvgIpc) is 2.34. The van der Waals surface area contributed by atoms with Gasteiger partial charge in [-0.05, 0) is 42.8 Å². The van der Waals surface area contributed by atoms with Crippen molar-refractivity contribution in [1.82, 2.24) is 4.98 Å². The number of carbonyl (C=O) groups is 1. The number of hydrogen-bond donors (Lipinski definition) is 2. The molecule has 0 aliphatic carbocycles. The molecule has 0 spiro atoms. The van der Waals surface area contributed by atoms with Crippen LogP contribution in [0.3, 0.4) is 0 Å². The van der Waals surface area contributed by atoms with Crippen molar-refractivity contribution in [2.45, 2.75) is 6.92 Å². The Morgan fingerprint density at radius 3 is 2.61 bits per heavy atom. The van der Waals surface area contributed by atoms with Crippen molar-refractivity contribution in [2.24, 2.45) is 0 Å². The number of anilines is 2. The molecule has 0 aliphatic rings. The minimum Gasteiger partial charge on any atom is -0.397 e. The summed E-state index contributed by atoms with van der Waals surface area (Å²) in [5.74, 6) is 0.300. The van der Waals surface area contributed by atoms with E-state index in [1.807, 2.05) is 19.1 Å². The summed E-state index contributed by atoms with van der Waals surface area (Å²) in [5, 5.41) is 2.72. The first-order valence-electron chi connectivity index (χ1n) is 5.35. The Balaban J connectivity index is 2.16. The summed E-state index contributed by atoms with van der Waals surface area (Å²) in [5.41, 5.74) is 7.74. The number of carbonyl (C=O) groups excluding carboxylic acids is 1. The second kappa shape index (κ2) is 5.18. The van der Waals surface area contributed by atoms with Crippen molar-refractivity contribution in [2.75, 3.05) is 11.1 Å². The summed E-state index contributed by atoms with van der Waals surface area (Å²) in [6, 6.07) is 8.85. The van der Waals surface area contributed by atoms with Crippen LogP contribution in [0.15, 0.2) is 41.0 Å². The Hall–Kier alpha value is -1.88. The normalized spacial score (nSPS) is 10.1. The van der Waals surface area contributed by atoms with Crippen LogP contribution >= 0.6 is 15.9 Å². The number of benzene rings is 1. The summed E-state index contributed by atoms with van der Waals surface area (Å²) in [4.78, 5) is 16.0. The third-order valence-electron chi connectivity index (χ3n) is 2.50. The fraction of sp³-hybridized carbons (Fsp3) is 0.0769. The first kappa shape index (κ1) is 12.6. The van der Waals surface area contributed by atoms with Crippen LogP contribution in [0, 0.1) is 6.92 Å². The lowest BCUT2D eigenvalue weighted by Gasteiger charge is -2.06. The molecular weight excluding hydrogens is 294 g/mol. The molecule has 0 saturated carbocycles. The molecule has 0 bridgehead atoms. The molecule has 18 heavy (non-hydrogen) atoms. The molecule has 92 valence electrons. The van der Waals surface area contributed by atoms with E-state index in [0.29, 0.717) is 17.1 Å². The molecule has 0 fully saturated rings. The fourth-order valence-corrected chi connectivity index (χ4v) is 1.69. The lowest BCUT2D eigenvalue weighted by Crippen LogP contribution is -2.13. The van der Waals surface area contributed by atoms with E-state index in [1.54, 1.807) is 18.2 Å². The van der Waals surface area contributed by atoms with Gasteiger partial charge in [0.05, 0.1) is 11.9 Å². The zero-order valence-corrected chi connectivity index (χ0v) is 11.4. The summed E-state index contributed by atoms with van der Waals surface area (Å²) in [6.07, 6.45) is 1.53. The Morgan fingerprint density at radius 2 is 2.00 bits per heavy atom. The molecule has 0 aliphatic heterocycles. The van der Waals surface area contributed by atoms with Gasteiger partial charge in [0.25, 0.3) is 5.91 Å². The van der Waals surface area contributed by atoms with Gasteiger partial charge >= 0.3 is 0 Å². The molecule has 0 unspecified atom stereocenters. The van der Waals surface area contributed by atoms with E-state index in [9.17, 15) is 4.79 Å². The number of amides is 1. The van der Waals surface area contributed by atoms with E-state index < -0.39 is 0 Å². The number of nitrogens with one attached hydrogen (secondary N) is 1. The third-order valence-corrected chi connectivity index (χ3v) is 3.03. The van der Waals surface area contributed by atoms with Gasteiger partial charge in [-0.15, -0.1) is 0 Å². The first-order valence-corrected chi connectivity index (χ1v) is 6.14. The van der Waals surface area contributed by atoms with E-state index in [0.717, 1.165) is 10.0 Å².